The van der Waals surface area contributed by atoms with E-state index in [0.717, 1.165) is 25.1 Å². The second kappa shape index (κ2) is 9.99. The monoisotopic (exact) mass is 456 g/mol. The molecule has 10 heteroatoms. The molecule has 1 amide bonds. The Kier molecular flexibility index (Phi) is 7.55. The van der Waals surface area contributed by atoms with Crippen LogP contribution in [0.4, 0.5) is 17.6 Å². The fraction of sp³-hybridized carbons (Fsp3) is 0.545. The highest BCUT2D eigenvalue weighted by Crippen LogP contribution is 2.32. The van der Waals surface area contributed by atoms with Crippen LogP contribution in [0.15, 0.2) is 30.7 Å². The van der Waals surface area contributed by atoms with Gasteiger partial charge >= 0.3 is 6.18 Å². The smallest absolute Gasteiger partial charge is 0.392 e. The van der Waals surface area contributed by atoms with Crippen LogP contribution in [0.5, 0.6) is 0 Å². The van der Waals surface area contributed by atoms with Crippen molar-refractivity contribution < 1.29 is 27.5 Å². The second-order valence-electron chi connectivity index (χ2n) is 8.40. The summed E-state index contributed by atoms with van der Waals surface area (Å²) in [4.78, 5) is 21.1. The Labute approximate surface area is 184 Å². The Morgan fingerprint density at radius 1 is 1.31 bits per heavy atom. The highest BCUT2D eigenvalue weighted by Gasteiger charge is 2.35. The van der Waals surface area contributed by atoms with Gasteiger partial charge in [-0.2, -0.15) is 13.2 Å². The zero-order valence-corrected chi connectivity index (χ0v) is 18.1. The van der Waals surface area contributed by atoms with E-state index in [1.165, 1.54) is 12.4 Å². The summed E-state index contributed by atoms with van der Waals surface area (Å²) in [5.41, 5.74) is -0.937. The SMILES string of the molecule is CC(O)CN1CCCC(N(Cc2ccc(F)c(C(F)(F)F)c2)C(=O)c2cn(C)cn2)CC1. The first-order chi connectivity index (χ1) is 15.0. The average Bonchev–Trinajstić information content (AvgIpc) is 3.01. The number of halogens is 4. The Hall–Kier alpha value is -2.46. The molecular weight excluding hydrogens is 428 g/mol. The molecule has 1 fully saturated rings. The molecule has 176 valence electrons. The molecule has 32 heavy (non-hydrogen) atoms. The summed E-state index contributed by atoms with van der Waals surface area (Å²) < 4.78 is 54.9. The molecule has 1 N–H and O–H groups in total. The number of benzene rings is 1. The molecule has 0 radical (unpaired) electrons. The van der Waals surface area contributed by atoms with E-state index in [2.05, 4.69) is 9.88 Å². The number of aliphatic hydroxyl groups excluding tert-OH is 1. The summed E-state index contributed by atoms with van der Waals surface area (Å²) in [6.45, 7) is 3.57. The van der Waals surface area contributed by atoms with Crippen LogP contribution in [-0.2, 0) is 19.8 Å². The zero-order valence-electron chi connectivity index (χ0n) is 18.1. The van der Waals surface area contributed by atoms with Crippen molar-refractivity contribution in [2.75, 3.05) is 19.6 Å². The number of carbonyl (C=O) groups is 1. The van der Waals surface area contributed by atoms with Crippen LogP contribution < -0.4 is 0 Å². The van der Waals surface area contributed by atoms with Crippen LogP contribution in [0, 0.1) is 5.82 Å². The van der Waals surface area contributed by atoms with E-state index < -0.39 is 23.7 Å². The molecule has 3 rings (SSSR count). The number of nitrogens with zero attached hydrogens (tertiary/aromatic N) is 4. The molecular formula is C22H28F4N4O2. The van der Waals surface area contributed by atoms with E-state index in [0.29, 0.717) is 25.9 Å². The van der Waals surface area contributed by atoms with Crippen molar-refractivity contribution in [1.82, 2.24) is 19.4 Å². The number of rotatable bonds is 6. The fourth-order valence-electron chi connectivity index (χ4n) is 4.13. The maximum atomic E-state index is 13.7. The van der Waals surface area contributed by atoms with E-state index in [4.69, 9.17) is 0 Å². The Balaban J connectivity index is 1.87. The normalized spacial score (nSPS) is 18.9. The van der Waals surface area contributed by atoms with Gasteiger partial charge in [-0.25, -0.2) is 9.37 Å². The van der Waals surface area contributed by atoms with Crippen LogP contribution in [0.25, 0.3) is 0 Å². The molecule has 0 aliphatic carbocycles. The molecule has 1 aromatic heterocycles. The van der Waals surface area contributed by atoms with Gasteiger partial charge < -0.3 is 19.5 Å². The van der Waals surface area contributed by atoms with E-state index in [1.807, 2.05) is 0 Å². The van der Waals surface area contributed by atoms with Crippen LogP contribution in [0.2, 0.25) is 0 Å². The van der Waals surface area contributed by atoms with Crippen LogP contribution in [-0.4, -0.2) is 62.1 Å². The van der Waals surface area contributed by atoms with Gasteiger partial charge in [0.1, 0.15) is 11.5 Å². The lowest BCUT2D eigenvalue weighted by atomic mass is 10.0. The van der Waals surface area contributed by atoms with Crippen molar-refractivity contribution in [3.63, 3.8) is 0 Å². The zero-order chi connectivity index (χ0) is 23.5. The van der Waals surface area contributed by atoms with Gasteiger partial charge in [0.15, 0.2) is 0 Å². The maximum absolute atomic E-state index is 13.7. The third-order valence-corrected chi connectivity index (χ3v) is 5.63. The quantitative estimate of drug-likeness (QED) is 0.677. The van der Waals surface area contributed by atoms with Crippen molar-refractivity contribution in [2.24, 2.45) is 7.05 Å². The number of likely N-dealkylation sites (tertiary alicyclic amines) is 1. The Bertz CT molecular complexity index is 929. The summed E-state index contributed by atoms with van der Waals surface area (Å²) in [6.07, 6.45) is -0.181. The number of aryl methyl sites for hydroxylation is 1. The van der Waals surface area contributed by atoms with Crippen LogP contribution >= 0.6 is 0 Å². The topological polar surface area (TPSA) is 61.6 Å². The van der Waals surface area contributed by atoms with E-state index in [-0.39, 0.29) is 29.8 Å². The largest absolute Gasteiger partial charge is 0.419 e. The first kappa shape index (κ1) is 24.2. The van der Waals surface area contributed by atoms with Gasteiger partial charge in [0.2, 0.25) is 0 Å². The molecule has 2 atom stereocenters. The molecule has 2 unspecified atom stereocenters. The minimum atomic E-state index is -4.82. The Morgan fingerprint density at radius 3 is 2.69 bits per heavy atom. The van der Waals surface area contributed by atoms with Gasteiger partial charge in [0.05, 0.1) is 18.0 Å². The third-order valence-electron chi connectivity index (χ3n) is 5.63. The number of β-amino-alcohol motifs (C(OH)–C–C–N with tert-alkyl or cyclic N) is 1. The van der Waals surface area contributed by atoms with Crippen molar-refractivity contribution in [3.05, 3.63) is 53.4 Å². The molecule has 0 bridgehead atoms. The van der Waals surface area contributed by atoms with Gasteiger partial charge in [-0.1, -0.05) is 6.07 Å². The summed E-state index contributed by atoms with van der Waals surface area (Å²) in [6, 6.07) is 2.62. The number of alkyl halides is 3. The van der Waals surface area contributed by atoms with Gasteiger partial charge in [-0.15, -0.1) is 0 Å². The fourth-order valence-corrected chi connectivity index (χ4v) is 4.13. The van der Waals surface area contributed by atoms with Crippen molar-refractivity contribution in [2.45, 2.75) is 51.1 Å². The number of aliphatic hydroxyl groups is 1. The number of carbonyl (C=O) groups excluding carboxylic acids is 1. The lowest BCUT2D eigenvalue weighted by Crippen LogP contribution is -2.41. The minimum Gasteiger partial charge on any atom is -0.392 e. The predicted molar refractivity (Wildman–Crippen MR) is 110 cm³/mol. The second-order valence-corrected chi connectivity index (χ2v) is 8.40. The first-order valence-corrected chi connectivity index (χ1v) is 10.6. The molecule has 1 aromatic carbocycles. The minimum absolute atomic E-state index is 0.0835. The Morgan fingerprint density at radius 2 is 2.06 bits per heavy atom. The van der Waals surface area contributed by atoms with Gasteiger partial charge in [0.25, 0.3) is 5.91 Å². The lowest BCUT2D eigenvalue weighted by Gasteiger charge is -2.31. The third kappa shape index (κ3) is 6.07. The predicted octanol–water partition coefficient (Wildman–Crippen LogP) is 3.46. The first-order valence-electron chi connectivity index (χ1n) is 10.6. The molecule has 0 saturated carbocycles. The van der Waals surface area contributed by atoms with E-state index in [1.54, 1.807) is 29.6 Å². The molecule has 1 aliphatic heterocycles. The summed E-state index contributed by atoms with van der Waals surface area (Å²) in [5.74, 6) is -1.72. The van der Waals surface area contributed by atoms with Crippen LogP contribution in [0.3, 0.4) is 0 Å². The highest BCUT2D eigenvalue weighted by atomic mass is 19.4. The van der Waals surface area contributed by atoms with Crippen LogP contribution in [0.1, 0.15) is 47.8 Å². The van der Waals surface area contributed by atoms with Crippen molar-refractivity contribution in [3.8, 4) is 0 Å². The van der Waals surface area contributed by atoms with Gasteiger partial charge in [-0.3, -0.25) is 4.79 Å². The summed E-state index contributed by atoms with van der Waals surface area (Å²) in [5, 5.41) is 9.68. The maximum Gasteiger partial charge on any atom is 0.419 e. The number of hydrogen-bond donors (Lipinski definition) is 1. The molecule has 0 spiro atoms. The molecule has 6 nitrogen and oxygen atoms in total. The van der Waals surface area contributed by atoms with E-state index >= 15 is 0 Å². The van der Waals surface area contributed by atoms with Crippen molar-refractivity contribution >= 4 is 5.91 Å². The van der Waals surface area contributed by atoms with E-state index in [9.17, 15) is 27.5 Å². The molecule has 2 heterocycles. The standard InChI is InChI=1S/C22H28F4N4O2/c1-15(31)11-29-8-3-4-17(7-9-29)30(21(32)20-13-28(2)14-27-20)12-16-5-6-19(23)18(10-16)22(24,25)26/h5-6,10,13-15,17,31H,3-4,7-9,11-12H2,1-2H3. The molecule has 2 aromatic rings. The lowest BCUT2D eigenvalue weighted by molar-refractivity contribution is -0.140. The highest BCUT2D eigenvalue weighted by molar-refractivity contribution is 5.92. The number of imidazole rings is 1. The molecule has 1 aliphatic rings. The number of aromatic nitrogens is 2. The number of amides is 1. The van der Waals surface area contributed by atoms with Crippen molar-refractivity contribution in [1.29, 1.82) is 0 Å². The van der Waals surface area contributed by atoms with Gasteiger partial charge in [0, 0.05) is 38.9 Å². The average molecular weight is 456 g/mol. The van der Waals surface area contributed by atoms with Gasteiger partial charge in [-0.05, 0) is 50.4 Å². The summed E-state index contributed by atoms with van der Waals surface area (Å²) in [7, 11) is 1.73. The summed E-state index contributed by atoms with van der Waals surface area (Å²) >= 11 is 0. The molecule has 1 saturated heterocycles. The number of hydrogen-bond acceptors (Lipinski definition) is 4.